The van der Waals surface area contributed by atoms with Gasteiger partial charge in [-0.2, -0.15) is 0 Å². The molecule has 1 amide bonds. The molecule has 5 heteroatoms. The van der Waals surface area contributed by atoms with Crippen LogP contribution in [0.2, 0.25) is 0 Å². The number of ether oxygens (including phenoxy) is 1. The summed E-state index contributed by atoms with van der Waals surface area (Å²) in [6, 6.07) is 39.5. The Morgan fingerprint density at radius 3 is 1.90 bits per heavy atom. The summed E-state index contributed by atoms with van der Waals surface area (Å²) < 4.78 is 6.80. The first kappa shape index (κ1) is 26.8. The van der Waals surface area contributed by atoms with Crippen LogP contribution in [0.25, 0.3) is 0 Å². The lowest BCUT2D eigenvalue weighted by molar-refractivity contribution is -0.157. The number of carbonyl (C=O) groups excluding carboxylic acids is 1. The van der Waals surface area contributed by atoms with Crippen LogP contribution in [0.15, 0.2) is 121 Å². The number of likely N-dealkylation sites (N-methyl/N-ethyl adjacent to an activating group) is 1. The minimum atomic E-state index is -1.36. The van der Waals surface area contributed by atoms with Crippen LogP contribution < -0.4 is 0 Å². The molecule has 200 valence electrons. The molecule has 1 aliphatic heterocycles. The van der Waals surface area contributed by atoms with Gasteiger partial charge in [-0.05, 0) is 28.7 Å². The first-order valence-corrected chi connectivity index (χ1v) is 13.6. The number of hydrogen-bond acceptors (Lipinski definition) is 4. The smallest absolute Gasteiger partial charge is 0.264 e. The zero-order valence-corrected chi connectivity index (χ0v) is 22.4. The highest BCUT2D eigenvalue weighted by molar-refractivity contribution is 5.90. The van der Waals surface area contributed by atoms with Crippen LogP contribution in [0.5, 0.6) is 0 Å². The van der Waals surface area contributed by atoms with Crippen molar-refractivity contribution < 1.29 is 14.6 Å². The van der Waals surface area contributed by atoms with E-state index in [0.29, 0.717) is 13.1 Å². The van der Waals surface area contributed by atoms with Crippen molar-refractivity contribution in [2.75, 3.05) is 26.7 Å². The fourth-order valence-corrected chi connectivity index (χ4v) is 5.49. The van der Waals surface area contributed by atoms with E-state index < -0.39 is 5.60 Å². The zero-order chi connectivity index (χ0) is 27.1. The Labute approximate surface area is 231 Å². The van der Waals surface area contributed by atoms with Crippen molar-refractivity contribution in [1.29, 1.82) is 0 Å². The molecular formula is C34H36N2O3. The lowest BCUT2D eigenvalue weighted by Crippen LogP contribution is -2.50. The van der Waals surface area contributed by atoms with E-state index in [1.165, 1.54) is 0 Å². The molecular weight excluding hydrogens is 484 g/mol. The Morgan fingerprint density at radius 1 is 0.872 bits per heavy atom. The predicted octanol–water partition coefficient (Wildman–Crippen LogP) is 5.41. The monoisotopic (exact) mass is 520 g/mol. The van der Waals surface area contributed by atoms with Gasteiger partial charge in [-0.25, -0.2) is 0 Å². The Hall–Kier alpha value is -3.77. The summed E-state index contributed by atoms with van der Waals surface area (Å²) >= 11 is 0. The molecule has 4 aromatic carbocycles. The molecule has 0 aromatic heterocycles. The first-order chi connectivity index (χ1) is 19.1. The first-order valence-electron chi connectivity index (χ1n) is 13.6. The number of aliphatic hydroxyl groups excluding tert-OH is 1. The van der Waals surface area contributed by atoms with Crippen LogP contribution in [0.1, 0.15) is 34.7 Å². The van der Waals surface area contributed by atoms with Crippen LogP contribution in [0.4, 0.5) is 0 Å². The molecule has 0 saturated carbocycles. The van der Waals surface area contributed by atoms with Crippen LogP contribution in [-0.2, 0) is 21.7 Å². The highest BCUT2D eigenvalue weighted by Crippen LogP contribution is 2.39. The van der Waals surface area contributed by atoms with Crippen molar-refractivity contribution in [2.24, 2.45) is 0 Å². The molecule has 5 nitrogen and oxygen atoms in total. The van der Waals surface area contributed by atoms with Crippen LogP contribution in [0.3, 0.4) is 0 Å². The molecule has 0 unspecified atom stereocenters. The van der Waals surface area contributed by atoms with Gasteiger partial charge in [0.1, 0.15) is 0 Å². The number of β-amino-alcohol motifs (C(OH)–C–C–N with tert-alkyl or cyclic N) is 1. The maximum atomic E-state index is 15.0. The molecule has 39 heavy (non-hydrogen) atoms. The van der Waals surface area contributed by atoms with Crippen molar-refractivity contribution in [3.63, 3.8) is 0 Å². The lowest BCUT2D eigenvalue weighted by Gasteiger charge is -2.40. The lowest BCUT2D eigenvalue weighted by atomic mass is 9.84. The SMILES string of the molecule is CN(C(=O)C(OCc1ccccc1)(c1ccccc1)c1ccccc1)[C@H](CN1CC[C@H](O)C1)c1ccccc1. The third-order valence-electron chi connectivity index (χ3n) is 7.61. The third kappa shape index (κ3) is 5.96. The Morgan fingerprint density at radius 2 is 1.38 bits per heavy atom. The van der Waals surface area contributed by atoms with E-state index in [9.17, 15) is 9.90 Å². The molecule has 4 aromatic rings. The Kier molecular flexibility index (Phi) is 8.52. The van der Waals surface area contributed by atoms with Gasteiger partial charge in [-0.15, -0.1) is 0 Å². The molecule has 0 spiro atoms. The second-order valence-corrected chi connectivity index (χ2v) is 10.2. The average molecular weight is 521 g/mol. The Bertz CT molecular complexity index is 1280. The van der Waals surface area contributed by atoms with Crippen molar-refractivity contribution in [2.45, 2.75) is 30.8 Å². The second-order valence-electron chi connectivity index (χ2n) is 10.2. The summed E-state index contributed by atoms with van der Waals surface area (Å²) in [5.74, 6) is -0.135. The molecule has 5 rings (SSSR count). The molecule has 1 N–H and O–H groups in total. The number of hydrogen-bond donors (Lipinski definition) is 1. The van der Waals surface area contributed by atoms with E-state index in [1.54, 1.807) is 0 Å². The average Bonchev–Trinajstić information content (AvgIpc) is 3.42. The highest BCUT2D eigenvalue weighted by atomic mass is 16.5. The van der Waals surface area contributed by atoms with Gasteiger partial charge in [0.2, 0.25) is 0 Å². The van der Waals surface area contributed by atoms with Gasteiger partial charge >= 0.3 is 0 Å². The van der Waals surface area contributed by atoms with Gasteiger partial charge in [0.15, 0.2) is 5.60 Å². The molecule has 0 aliphatic carbocycles. The summed E-state index contributed by atoms with van der Waals surface area (Å²) in [5, 5.41) is 10.2. The predicted molar refractivity (Wildman–Crippen MR) is 154 cm³/mol. The van der Waals surface area contributed by atoms with Crippen molar-refractivity contribution in [1.82, 2.24) is 9.80 Å². The maximum Gasteiger partial charge on any atom is 0.264 e. The van der Waals surface area contributed by atoms with Gasteiger partial charge in [-0.1, -0.05) is 121 Å². The van der Waals surface area contributed by atoms with E-state index in [1.807, 2.05) is 121 Å². The quantitative estimate of drug-likeness (QED) is 0.304. The minimum Gasteiger partial charge on any atom is -0.392 e. The van der Waals surface area contributed by atoms with Gasteiger partial charge in [-0.3, -0.25) is 9.69 Å². The molecule has 1 heterocycles. The highest BCUT2D eigenvalue weighted by Gasteiger charge is 2.47. The van der Waals surface area contributed by atoms with Gasteiger partial charge in [0.05, 0.1) is 18.8 Å². The summed E-state index contributed by atoms with van der Waals surface area (Å²) in [5.41, 5.74) is 2.26. The van der Waals surface area contributed by atoms with Crippen molar-refractivity contribution >= 4 is 5.91 Å². The van der Waals surface area contributed by atoms with Crippen LogP contribution in [0, 0.1) is 0 Å². The molecule has 2 atom stereocenters. The zero-order valence-electron chi connectivity index (χ0n) is 22.4. The van der Waals surface area contributed by atoms with Crippen LogP contribution >= 0.6 is 0 Å². The third-order valence-corrected chi connectivity index (χ3v) is 7.61. The molecule has 1 saturated heterocycles. The second kappa shape index (κ2) is 12.4. The van der Waals surface area contributed by atoms with E-state index in [2.05, 4.69) is 17.0 Å². The standard InChI is InChI=1S/C34H36N2O3/c1-35(32(28-16-8-3-9-17-28)25-36-23-22-31(37)24-36)33(38)34(29-18-10-4-11-19-29,30-20-12-5-13-21-30)39-26-27-14-6-2-7-15-27/h2-21,31-32,37H,22-26H2,1H3/t31-,32+/m0/s1. The minimum absolute atomic E-state index is 0.135. The largest absolute Gasteiger partial charge is 0.392 e. The van der Waals surface area contributed by atoms with E-state index >= 15 is 0 Å². The van der Waals surface area contributed by atoms with Crippen molar-refractivity contribution in [3.8, 4) is 0 Å². The number of nitrogens with zero attached hydrogens (tertiary/aromatic N) is 2. The number of rotatable bonds is 10. The van der Waals surface area contributed by atoms with Gasteiger partial charge in [0.25, 0.3) is 5.91 Å². The fraction of sp³-hybridized carbons (Fsp3) is 0.265. The maximum absolute atomic E-state index is 15.0. The van der Waals surface area contributed by atoms with E-state index in [4.69, 9.17) is 4.74 Å². The number of likely N-dealkylation sites (tertiary alicyclic amines) is 1. The molecule has 1 fully saturated rings. The summed E-state index contributed by atoms with van der Waals surface area (Å²) in [7, 11) is 1.87. The molecule has 0 bridgehead atoms. The summed E-state index contributed by atoms with van der Waals surface area (Å²) in [6.07, 6.45) is 0.418. The summed E-state index contributed by atoms with van der Waals surface area (Å²) in [6.45, 7) is 2.32. The van der Waals surface area contributed by atoms with Crippen molar-refractivity contribution in [3.05, 3.63) is 144 Å². The van der Waals surface area contributed by atoms with E-state index in [0.717, 1.165) is 35.2 Å². The van der Waals surface area contributed by atoms with Gasteiger partial charge < -0.3 is 14.7 Å². The molecule has 1 aliphatic rings. The fourth-order valence-electron chi connectivity index (χ4n) is 5.49. The van der Waals surface area contributed by atoms with E-state index in [-0.39, 0.29) is 24.7 Å². The number of carbonyl (C=O) groups is 1. The molecule has 0 radical (unpaired) electrons. The number of aliphatic hydroxyl groups is 1. The topological polar surface area (TPSA) is 53.0 Å². The summed E-state index contributed by atoms with van der Waals surface area (Å²) in [4.78, 5) is 19.1. The Balaban J connectivity index is 1.59. The van der Waals surface area contributed by atoms with Crippen LogP contribution in [-0.4, -0.2) is 53.6 Å². The number of amides is 1. The van der Waals surface area contributed by atoms with Gasteiger partial charge in [0, 0.05) is 26.7 Å². The normalized spacial score (nSPS) is 16.6. The number of benzene rings is 4.